The Balaban J connectivity index is 2.22. The number of allylic oxidation sites excluding steroid dienone is 1. The largest absolute Gasteiger partial charge is 0.325 e. The van der Waals surface area contributed by atoms with Gasteiger partial charge in [-0.3, -0.25) is 4.79 Å². The van der Waals surface area contributed by atoms with Crippen molar-refractivity contribution >= 4 is 24.2 Å². The quantitative estimate of drug-likeness (QED) is 0.652. The molecule has 0 aliphatic heterocycles. The van der Waals surface area contributed by atoms with Crippen LogP contribution in [0.2, 0.25) is 0 Å². The SMILES string of the molecule is C=C(C#N)[C@H](c1ccccc1)[C@@H](S)C(=O)Nc1ccccc1. The number of anilines is 1. The number of carbonyl (C=O) groups is 1. The lowest BCUT2D eigenvalue weighted by atomic mass is 9.89. The van der Waals surface area contributed by atoms with Gasteiger partial charge in [0.05, 0.1) is 11.3 Å². The van der Waals surface area contributed by atoms with Gasteiger partial charge >= 0.3 is 0 Å². The highest BCUT2D eigenvalue weighted by Crippen LogP contribution is 2.30. The molecule has 1 N–H and O–H groups in total. The van der Waals surface area contributed by atoms with Crippen LogP contribution in [0.25, 0.3) is 0 Å². The van der Waals surface area contributed by atoms with E-state index in [9.17, 15) is 10.1 Å². The second-order valence-electron chi connectivity index (χ2n) is 4.83. The molecule has 0 bridgehead atoms. The fourth-order valence-corrected chi connectivity index (χ4v) is 2.61. The molecule has 0 aliphatic carbocycles. The summed E-state index contributed by atoms with van der Waals surface area (Å²) >= 11 is 4.43. The first kappa shape index (κ1) is 15.9. The van der Waals surface area contributed by atoms with Crippen molar-refractivity contribution in [1.29, 1.82) is 5.26 Å². The first-order valence-electron chi connectivity index (χ1n) is 6.81. The third-order valence-corrected chi connectivity index (χ3v) is 3.84. The summed E-state index contributed by atoms with van der Waals surface area (Å²) in [5, 5.41) is 11.3. The van der Waals surface area contributed by atoms with Crippen LogP contribution < -0.4 is 5.32 Å². The Bertz CT molecular complexity index is 692. The smallest absolute Gasteiger partial charge is 0.238 e. The zero-order chi connectivity index (χ0) is 15.9. The molecule has 22 heavy (non-hydrogen) atoms. The van der Waals surface area contributed by atoms with Crippen LogP contribution in [0.4, 0.5) is 5.69 Å². The van der Waals surface area contributed by atoms with Crippen LogP contribution in [0.3, 0.4) is 0 Å². The van der Waals surface area contributed by atoms with Crippen molar-refractivity contribution in [3.8, 4) is 6.07 Å². The Morgan fingerprint density at radius 3 is 2.18 bits per heavy atom. The van der Waals surface area contributed by atoms with Gasteiger partial charge in [-0.05, 0) is 17.7 Å². The predicted octanol–water partition coefficient (Wildman–Crippen LogP) is 3.79. The second kappa shape index (κ2) is 7.48. The molecule has 2 atom stereocenters. The number of rotatable bonds is 5. The lowest BCUT2D eigenvalue weighted by Gasteiger charge is -2.22. The number of para-hydroxylation sites is 1. The van der Waals surface area contributed by atoms with E-state index in [-0.39, 0.29) is 5.91 Å². The molecule has 0 heterocycles. The lowest BCUT2D eigenvalue weighted by Crippen LogP contribution is -2.29. The van der Waals surface area contributed by atoms with Crippen molar-refractivity contribution in [3.05, 3.63) is 78.4 Å². The maximum atomic E-state index is 12.4. The third-order valence-electron chi connectivity index (χ3n) is 3.30. The molecule has 0 aromatic heterocycles. The average Bonchev–Trinajstić information content (AvgIpc) is 2.56. The summed E-state index contributed by atoms with van der Waals surface area (Å²) in [6, 6.07) is 20.5. The van der Waals surface area contributed by atoms with E-state index in [2.05, 4.69) is 24.5 Å². The zero-order valence-electron chi connectivity index (χ0n) is 11.9. The number of nitriles is 1. The van der Waals surface area contributed by atoms with Crippen LogP contribution in [-0.4, -0.2) is 11.2 Å². The Hall–Kier alpha value is -2.51. The fraction of sp³-hybridized carbons (Fsp3) is 0.111. The van der Waals surface area contributed by atoms with Gasteiger partial charge in [-0.25, -0.2) is 0 Å². The van der Waals surface area contributed by atoms with Crippen molar-refractivity contribution in [3.63, 3.8) is 0 Å². The molecule has 0 spiro atoms. The zero-order valence-corrected chi connectivity index (χ0v) is 12.8. The van der Waals surface area contributed by atoms with Crippen molar-refractivity contribution in [1.82, 2.24) is 0 Å². The normalized spacial score (nSPS) is 12.7. The summed E-state index contributed by atoms with van der Waals surface area (Å²) in [7, 11) is 0. The monoisotopic (exact) mass is 308 g/mol. The standard InChI is InChI=1S/C18H16N2OS/c1-13(12-19)16(14-8-4-2-5-9-14)17(22)18(21)20-15-10-6-3-7-11-15/h2-11,16-17,22H,1H2,(H,20,21)/t16-,17-/m1/s1. The number of thiol groups is 1. The third kappa shape index (κ3) is 3.78. The average molecular weight is 308 g/mol. The molecule has 0 saturated carbocycles. The molecule has 1 amide bonds. The van der Waals surface area contributed by atoms with Crippen molar-refractivity contribution < 1.29 is 4.79 Å². The highest BCUT2D eigenvalue weighted by Gasteiger charge is 2.29. The molecule has 0 aliphatic rings. The fourth-order valence-electron chi connectivity index (χ4n) is 2.19. The molecule has 3 nitrogen and oxygen atoms in total. The Kier molecular flexibility index (Phi) is 5.40. The van der Waals surface area contributed by atoms with E-state index in [4.69, 9.17) is 0 Å². The minimum atomic E-state index is -0.699. The Labute approximate surface area is 135 Å². The molecular weight excluding hydrogens is 292 g/mol. The van der Waals surface area contributed by atoms with Crippen LogP contribution in [0.1, 0.15) is 11.5 Å². The minimum Gasteiger partial charge on any atom is -0.325 e. The van der Waals surface area contributed by atoms with E-state index >= 15 is 0 Å². The second-order valence-corrected chi connectivity index (χ2v) is 5.38. The van der Waals surface area contributed by atoms with Crippen molar-refractivity contribution in [2.75, 3.05) is 5.32 Å². The minimum absolute atomic E-state index is 0.264. The summed E-state index contributed by atoms with van der Waals surface area (Å²) < 4.78 is 0. The van der Waals surface area contributed by atoms with E-state index in [1.54, 1.807) is 12.1 Å². The Morgan fingerprint density at radius 2 is 1.64 bits per heavy atom. The summed E-state index contributed by atoms with van der Waals surface area (Å²) in [6.07, 6.45) is 0. The molecule has 4 heteroatoms. The van der Waals surface area contributed by atoms with Crippen LogP contribution in [0.5, 0.6) is 0 Å². The van der Waals surface area contributed by atoms with E-state index in [1.807, 2.05) is 54.6 Å². The summed E-state index contributed by atoms with van der Waals surface area (Å²) in [6.45, 7) is 3.77. The number of nitrogens with one attached hydrogen (secondary N) is 1. The number of hydrogen-bond acceptors (Lipinski definition) is 3. The summed E-state index contributed by atoms with van der Waals surface area (Å²) in [5.74, 6) is -0.724. The molecule has 110 valence electrons. The summed E-state index contributed by atoms with van der Waals surface area (Å²) in [5.41, 5.74) is 1.85. The van der Waals surface area contributed by atoms with Crippen LogP contribution >= 0.6 is 12.6 Å². The van der Waals surface area contributed by atoms with Gasteiger partial charge in [0, 0.05) is 17.2 Å². The molecule has 0 fully saturated rings. The number of hydrogen-bond donors (Lipinski definition) is 2. The highest BCUT2D eigenvalue weighted by atomic mass is 32.1. The molecular formula is C18H16N2OS. The number of benzene rings is 2. The first-order chi connectivity index (χ1) is 10.6. The number of amides is 1. The molecule has 0 radical (unpaired) electrons. The summed E-state index contributed by atoms with van der Waals surface area (Å²) in [4.78, 5) is 12.4. The van der Waals surface area contributed by atoms with E-state index in [1.165, 1.54) is 0 Å². The first-order valence-corrected chi connectivity index (χ1v) is 7.33. The lowest BCUT2D eigenvalue weighted by molar-refractivity contribution is -0.115. The van der Waals surface area contributed by atoms with Gasteiger partial charge in [-0.15, -0.1) is 0 Å². The van der Waals surface area contributed by atoms with Crippen molar-refractivity contribution in [2.45, 2.75) is 11.2 Å². The molecule has 0 saturated heterocycles. The van der Waals surface area contributed by atoms with Crippen LogP contribution in [0, 0.1) is 11.3 Å². The highest BCUT2D eigenvalue weighted by molar-refractivity contribution is 7.81. The maximum absolute atomic E-state index is 12.4. The number of carbonyl (C=O) groups excluding carboxylic acids is 1. The van der Waals surface area contributed by atoms with Gasteiger partial charge in [0.15, 0.2) is 0 Å². The van der Waals surface area contributed by atoms with Crippen LogP contribution in [0.15, 0.2) is 72.8 Å². The molecule has 2 aromatic carbocycles. The molecule has 2 rings (SSSR count). The van der Waals surface area contributed by atoms with Gasteiger partial charge in [-0.1, -0.05) is 55.1 Å². The van der Waals surface area contributed by atoms with E-state index in [0.717, 1.165) is 5.56 Å². The Morgan fingerprint density at radius 1 is 1.09 bits per heavy atom. The topological polar surface area (TPSA) is 52.9 Å². The van der Waals surface area contributed by atoms with E-state index in [0.29, 0.717) is 11.3 Å². The van der Waals surface area contributed by atoms with Gasteiger partial charge in [0.25, 0.3) is 0 Å². The van der Waals surface area contributed by atoms with Crippen molar-refractivity contribution in [2.24, 2.45) is 0 Å². The maximum Gasteiger partial charge on any atom is 0.238 e. The predicted molar refractivity (Wildman–Crippen MR) is 91.8 cm³/mol. The van der Waals surface area contributed by atoms with Crippen LogP contribution in [-0.2, 0) is 4.79 Å². The molecule has 0 unspecified atom stereocenters. The van der Waals surface area contributed by atoms with Gasteiger partial charge in [-0.2, -0.15) is 17.9 Å². The van der Waals surface area contributed by atoms with Gasteiger partial charge < -0.3 is 5.32 Å². The van der Waals surface area contributed by atoms with Gasteiger partial charge in [0.2, 0.25) is 5.91 Å². The molecule has 2 aromatic rings. The number of nitrogens with zero attached hydrogens (tertiary/aromatic N) is 1. The van der Waals surface area contributed by atoms with E-state index < -0.39 is 11.2 Å². The van der Waals surface area contributed by atoms with Gasteiger partial charge in [0.1, 0.15) is 0 Å².